The maximum absolute atomic E-state index is 12.8. The number of aliphatic carboxylic acids is 1. The summed E-state index contributed by atoms with van der Waals surface area (Å²) in [6, 6.07) is 12.7. The summed E-state index contributed by atoms with van der Waals surface area (Å²) in [5.74, 6) is -1.31. The predicted molar refractivity (Wildman–Crippen MR) is 151 cm³/mol. The van der Waals surface area contributed by atoms with Crippen LogP contribution < -0.4 is 0 Å². The first-order valence-corrected chi connectivity index (χ1v) is 13.6. The van der Waals surface area contributed by atoms with E-state index in [0.29, 0.717) is 5.56 Å². The van der Waals surface area contributed by atoms with Gasteiger partial charge in [0.25, 0.3) is 5.91 Å². The third-order valence-electron chi connectivity index (χ3n) is 8.62. The van der Waals surface area contributed by atoms with E-state index in [-0.39, 0.29) is 23.3 Å². The zero-order valence-corrected chi connectivity index (χ0v) is 24.4. The molecule has 0 aliphatic heterocycles. The molecule has 0 radical (unpaired) electrons. The molecule has 1 atom stereocenters. The fourth-order valence-corrected chi connectivity index (χ4v) is 5.61. The summed E-state index contributed by atoms with van der Waals surface area (Å²) < 4.78 is 0. The van der Waals surface area contributed by atoms with Gasteiger partial charge in [-0.05, 0) is 85.3 Å². The van der Waals surface area contributed by atoms with Gasteiger partial charge in [0, 0.05) is 18.0 Å². The number of benzene rings is 2. The number of nitrogens with zero attached hydrogens (tertiary/aromatic N) is 1. The van der Waals surface area contributed by atoms with Gasteiger partial charge in [0.1, 0.15) is 6.54 Å². The smallest absolute Gasteiger partial charge is 0.323 e. The number of hydrogen-bond donors (Lipinski definition) is 2. The normalized spacial score (nSPS) is 13.8. The zero-order chi connectivity index (χ0) is 28.2. The Labute approximate surface area is 223 Å². The number of likely N-dealkylation sites (N-methyl/N-ethyl adjacent to an activating group) is 1. The quantitative estimate of drug-likeness (QED) is 0.354. The van der Waals surface area contributed by atoms with Crippen molar-refractivity contribution < 1.29 is 19.8 Å². The lowest BCUT2D eigenvalue weighted by atomic mass is 9.69. The van der Waals surface area contributed by atoms with E-state index in [2.05, 4.69) is 72.7 Å². The van der Waals surface area contributed by atoms with E-state index < -0.39 is 11.6 Å². The van der Waals surface area contributed by atoms with Gasteiger partial charge in [-0.1, -0.05) is 71.9 Å². The van der Waals surface area contributed by atoms with Gasteiger partial charge in [0.15, 0.2) is 0 Å². The van der Waals surface area contributed by atoms with Crippen LogP contribution in [0.15, 0.2) is 36.4 Å². The Morgan fingerprint density at radius 3 is 1.84 bits per heavy atom. The Bertz CT molecular complexity index is 1110. The van der Waals surface area contributed by atoms with Crippen molar-refractivity contribution in [1.29, 1.82) is 0 Å². The molecular formula is C32H47NO4. The van der Waals surface area contributed by atoms with Crippen LogP contribution in [-0.4, -0.2) is 46.2 Å². The molecule has 0 saturated carbocycles. The molecule has 1 amide bonds. The van der Waals surface area contributed by atoms with Crippen molar-refractivity contribution in [3.63, 3.8) is 0 Å². The molecule has 0 bridgehead atoms. The second-order valence-corrected chi connectivity index (χ2v) is 11.7. The van der Waals surface area contributed by atoms with Crippen LogP contribution >= 0.6 is 0 Å². The van der Waals surface area contributed by atoms with Crippen molar-refractivity contribution in [2.24, 2.45) is 5.41 Å². The zero-order valence-electron chi connectivity index (χ0n) is 24.4. The maximum atomic E-state index is 12.8. The molecule has 2 aromatic rings. The average Bonchev–Trinajstić information content (AvgIpc) is 2.83. The molecule has 0 aromatic heterocycles. The summed E-state index contributed by atoms with van der Waals surface area (Å²) in [5.41, 5.74) is 5.21. The first-order valence-electron chi connectivity index (χ1n) is 13.6. The molecule has 5 heteroatoms. The fourth-order valence-electron chi connectivity index (χ4n) is 5.61. The molecule has 2 aromatic carbocycles. The maximum Gasteiger partial charge on any atom is 0.323 e. The number of carbonyl (C=O) groups excluding carboxylic acids is 1. The highest BCUT2D eigenvalue weighted by molar-refractivity contribution is 5.97. The van der Waals surface area contributed by atoms with Crippen LogP contribution in [0.5, 0.6) is 0 Å². The molecule has 0 heterocycles. The second kappa shape index (κ2) is 11.8. The summed E-state index contributed by atoms with van der Waals surface area (Å²) in [5, 5.41) is 20.3. The minimum atomic E-state index is -1.03. The Hall–Kier alpha value is -2.66. The van der Waals surface area contributed by atoms with E-state index in [1.54, 1.807) is 0 Å². The second-order valence-electron chi connectivity index (χ2n) is 11.7. The highest BCUT2D eigenvalue weighted by atomic mass is 16.4. The summed E-state index contributed by atoms with van der Waals surface area (Å²) in [7, 11) is 1.51. The largest absolute Gasteiger partial charge is 0.480 e. The first-order chi connectivity index (χ1) is 17.2. The van der Waals surface area contributed by atoms with Crippen LogP contribution in [0, 0.1) is 19.3 Å². The van der Waals surface area contributed by atoms with Crippen LogP contribution in [0.3, 0.4) is 0 Å². The van der Waals surface area contributed by atoms with Crippen molar-refractivity contribution in [3.8, 4) is 0 Å². The summed E-state index contributed by atoms with van der Waals surface area (Å²) in [6.45, 7) is 16.5. The number of carboxylic acid groups (broad SMARTS) is 1. The highest BCUT2D eigenvalue weighted by Gasteiger charge is 2.38. The molecular weight excluding hydrogens is 462 g/mol. The molecule has 37 heavy (non-hydrogen) atoms. The van der Waals surface area contributed by atoms with E-state index in [9.17, 15) is 14.7 Å². The first kappa shape index (κ1) is 30.6. The van der Waals surface area contributed by atoms with Gasteiger partial charge in [0.2, 0.25) is 0 Å². The summed E-state index contributed by atoms with van der Waals surface area (Å²) in [6.07, 6.45) is 4.11. The van der Waals surface area contributed by atoms with Gasteiger partial charge in [-0.15, -0.1) is 0 Å². The van der Waals surface area contributed by atoms with E-state index in [1.807, 2.05) is 19.1 Å². The van der Waals surface area contributed by atoms with Crippen molar-refractivity contribution >= 4 is 11.9 Å². The molecule has 2 rings (SSSR count). The molecule has 0 spiro atoms. The van der Waals surface area contributed by atoms with Crippen molar-refractivity contribution in [1.82, 2.24) is 4.90 Å². The molecule has 0 saturated heterocycles. The van der Waals surface area contributed by atoms with E-state index in [1.165, 1.54) is 28.6 Å². The number of aryl methyl sites for hydroxylation is 3. The topological polar surface area (TPSA) is 77.8 Å². The van der Waals surface area contributed by atoms with Crippen LogP contribution in [0.4, 0.5) is 0 Å². The molecule has 204 valence electrons. The van der Waals surface area contributed by atoms with Crippen LogP contribution in [0.1, 0.15) is 105 Å². The number of carbonyl (C=O) groups is 2. The average molecular weight is 510 g/mol. The number of hydrogen-bond acceptors (Lipinski definition) is 3. The van der Waals surface area contributed by atoms with E-state index in [4.69, 9.17) is 5.11 Å². The highest BCUT2D eigenvalue weighted by Crippen LogP contribution is 2.41. The SMILES string of the molecule is CCC(CC)(c1ccc(CCC(O)(CC)C(C)(C)C)c(C)c1)c1ccc(C(=O)N(C)CC(=O)O)c(C)c1. The lowest BCUT2D eigenvalue weighted by molar-refractivity contribution is -0.137. The number of carboxylic acids is 1. The minimum Gasteiger partial charge on any atom is -0.480 e. The molecule has 0 aliphatic rings. The Balaban J connectivity index is 2.41. The van der Waals surface area contributed by atoms with Gasteiger partial charge in [0.05, 0.1) is 5.60 Å². The van der Waals surface area contributed by atoms with E-state index >= 15 is 0 Å². The standard InChI is InChI=1S/C32H47NO4/c1-10-31(11-2,26-15-16-27(23(5)20-26)29(36)33(9)21-28(34)35)25-14-13-24(22(4)19-25)17-18-32(37,12-3)30(6,7)8/h13-16,19-20,37H,10-12,17-18,21H2,1-9H3,(H,34,35). The number of aliphatic hydroxyl groups is 1. The summed E-state index contributed by atoms with van der Waals surface area (Å²) in [4.78, 5) is 25.1. The fraction of sp³-hybridized carbons (Fsp3) is 0.562. The van der Waals surface area contributed by atoms with Crippen molar-refractivity contribution in [2.75, 3.05) is 13.6 Å². The Morgan fingerprint density at radius 1 is 0.865 bits per heavy atom. The third kappa shape index (κ3) is 6.43. The number of rotatable bonds is 11. The minimum absolute atomic E-state index is 0.178. The van der Waals surface area contributed by atoms with Gasteiger partial charge < -0.3 is 15.1 Å². The monoisotopic (exact) mass is 509 g/mol. The van der Waals surface area contributed by atoms with Gasteiger partial charge in [-0.25, -0.2) is 0 Å². The van der Waals surface area contributed by atoms with Crippen LogP contribution in [0.2, 0.25) is 0 Å². The molecule has 0 aliphatic carbocycles. The Morgan fingerprint density at radius 2 is 1.41 bits per heavy atom. The van der Waals surface area contributed by atoms with Gasteiger partial charge in [-0.3, -0.25) is 9.59 Å². The molecule has 2 N–H and O–H groups in total. The van der Waals surface area contributed by atoms with Crippen LogP contribution in [0.25, 0.3) is 0 Å². The third-order valence-corrected chi connectivity index (χ3v) is 8.62. The Kier molecular flexibility index (Phi) is 9.75. The number of amides is 1. The van der Waals surface area contributed by atoms with Gasteiger partial charge >= 0.3 is 5.97 Å². The molecule has 1 unspecified atom stereocenters. The predicted octanol–water partition coefficient (Wildman–Crippen LogP) is 6.69. The summed E-state index contributed by atoms with van der Waals surface area (Å²) >= 11 is 0. The van der Waals surface area contributed by atoms with Crippen LogP contribution in [-0.2, 0) is 16.6 Å². The van der Waals surface area contributed by atoms with Gasteiger partial charge in [-0.2, -0.15) is 0 Å². The lowest BCUT2D eigenvalue weighted by Crippen LogP contribution is -2.42. The molecule has 5 nitrogen and oxygen atoms in total. The van der Waals surface area contributed by atoms with Crippen molar-refractivity contribution in [3.05, 3.63) is 69.8 Å². The van der Waals surface area contributed by atoms with Crippen molar-refractivity contribution in [2.45, 2.75) is 98.5 Å². The lowest BCUT2D eigenvalue weighted by Gasteiger charge is -2.40. The molecule has 0 fully saturated rings. The van der Waals surface area contributed by atoms with E-state index in [0.717, 1.165) is 43.2 Å².